The molecule has 0 spiro atoms. The van der Waals surface area contributed by atoms with Crippen molar-refractivity contribution in [1.82, 2.24) is 0 Å². The van der Waals surface area contributed by atoms with Gasteiger partial charge in [0.2, 0.25) is 0 Å². The molecule has 1 aliphatic heterocycles. The number of aliphatic carboxylic acids is 2. The normalized spacial score (nSPS) is 24.2. The number of carboxylic acids is 2. The van der Waals surface area contributed by atoms with E-state index in [1.165, 1.54) is 0 Å². The second-order valence-corrected chi connectivity index (χ2v) is 3.09. The van der Waals surface area contributed by atoms with Crippen LogP contribution in [0.25, 0.3) is 0 Å². The molecular weight excluding hydrogens is 176 g/mol. The monoisotopic (exact) mass is 188 g/mol. The highest BCUT2D eigenvalue weighted by atomic mass is 16.5. The highest BCUT2D eigenvalue weighted by Crippen LogP contribution is 2.23. The van der Waals surface area contributed by atoms with Gasteiger partial charge in [-0.25, -0.2) is 0 Å². The fourth-order valence-corrected chi connectivity index (χ4v) is 1.49. The molecular formula is C8H12O5. The van der Waals surface area contributed by atoms with E-state index in [0.717, 1.165) is 6.42 Å². The smallest absolute Gasteiger partial charge is 0.309 e. The standard InChI is InChI=1S/C8H12O5/c9-7(10)4-5(8(11)12)6-2-1-3-13-6/h5-6H,1-4H2,(H,9,10)(H,11,12)/t5-,6-/m0/s1. The Morgan fingerprint density at radius 1 is 1.46 bits per heavy atom. The number of carboxylic acid groups (broad SMARTS) is 2. The van der Waals surface area contributed by atoms with Gasteiger partial charge in [-0.1, -0.05) is 0 Å². The molecule has 2 atom stereocenters. The van der Waals surface area contributed by atoms with Gasteiger partial charge in [0.25, 0.3) is 0 Å². The van der Waals surface area contributed by atoms with E-state index in [1.54, 1.807) is 0 Å². The third-order valence-corrected chi connectivity index (χ3v) is 2.13. The van der Waals surface area contributed by atoms with Gasteiger partial charge in [0, 0.05) is 6.61 Å². The molecule has 0 aromatic rings. The zero-order valence-corrected chi connectivity index (χ0v) is 7.10. The van der Waals surface area contributed by atoms with Crippen molar-refractivity contribution in [2.45, 2.75) is 25.4 Å². The molecule has 0 bridgehead atoms. The minimum atomic E-state index is -1.09. The van der Waals surface area contributed by atoms with E-state index in [-0.39, 0.29) is 6.42 Å². The van der Waals surface area contributed by atoms with Crippen LogP contribution in [0.2, 0.25) is 0 Å². The number of ether oxygens (including phenoxy) is 1. The maximum atomic E-state index is 10.7. The van der Waals surface area contributed by atoms with Gasteiger partial charge in [0.15, 0.2) is 0 Å². The minimum absolute atomic E-state index is 0.361. The molecule has 0 aliphatic carbocycles. The van der Waals surface area contributed by atoms with Crippen LogP contribution in [-0.4, -0.2) is 34.9 Å². The number of hydrogen-bond acceptors (Lipinski definition) is 3. The van der Waals surface area contributed by atoms with Crippen LogP contribution >= 0.6 is 0 Å². The molecule has 5 nitrogen and oxygen atoms in total. The predicted octanol–water partition coefficient (Wildman–Crippen LogP) is 0.341. The molecule has 0 aromatic carbocycles. The van der Waals surface area contributed by atoms with Crippen molar-refractivity contribution in [3.05, 3.63) is 0 Å². The summed E-state index contributed by atoms with van der Waals surface area (Å²) in [5.74, 6) is -3.09. The van der Waals surface area contributed by atoms with Gasteiger partial charge in [-0.05, 0) is 12.8 Å². The van der Waals surface area contributed by atoms with Gasteiger partial charge >= 0.3 is 11.9 Å². The molecule has 1 fully saturated rings. The van der Waals surface area contributed by atoms with Crippen molar-refractivity contribution in [2.75, 3.05) is 6.61 Å². The van der Waals surface area contributed by atoms with E-state index in [9.17, 15) is 9.59 Å². The molecule has 13 heavy (non-hydrogen) atoms. The Balaban J connectivity index is 2.55. The average Bonchev–Trinajstić information content (AvgIpc) is 2.50. The van der Waals surface area contributed by atoms with Crippen molar-refractivity contribution in [3.8, 4) is 0 Å². The fourth-order valence-electron chi connectivity index (χ4n) is 1.49. The summed E-state index contributed by atoms with van der Waals surface area (Å²) >= 11 is 0. The van der Waals surface area contributed by atoms with E-state index in [2.05, 4.69) is 0 Å². The van der Waals surface area contributed by atoms with Crippen molar-refractivity contribution in [2.24, 2.45) is 5.92 Å². The lowest BCUT2D eigenvalue weighted by Gasteiger charge is -2.16. The van der Waals surface area contributed by atoms with Crippen LogP contribution in [0.1, 0.15) is 19.3 Å². The highest BCUT2D eigenvalue weighted by Gasteiger charge is 2.33. The summed E-state index contributed by atoms with van der Waals surface area (Å²) < 4.78 is 5.13. The van der Waals surface area contributed by atoms with Gasteiger partial charge in [-0.2, -0.15) is 0 Å². The van der Waals surface area contributed by atoms with Crippen LogP contribution in [-0.2, 0) is 14.3 Å². The summed E-state index contributed by atoms with van der Waals surface area (Å²) in [5, 5.41) is 17.2. The van der Waals surface area contributed by atoms with Crippen molar-refractivity contribution in [1.29, 1.82) is 0 Å². The summed E-state index contributed by atoms with van der Waals surface area (Å²) in [6.07, 6.45) is 0.673. The summed E-state index contributed by atoms with van der Waals surface area (Å²) in [6, 6.07) is 0. The second-order valence-electron chi connectivity index (χ2n) is 3.09. The Morgan fingerprint density at radius 2 is 2.15 bits per heavy atom. The van der Waals surface area contributed by atoms with E-state index in [1.807, 2.05) is 0 Å². The highest BCUT2D eigenvalue weighted by molar-refractivity contribution is 5.78. The van der Waals surface area contributed by atoms with Crippen molar-refractivity contribution in [3.63, 3.8) is 0 Å². The first-order valence-electron chi connectivity index (χ1n) is 4.17. The second kappa shape index (κ2) is 4.23. The first-order chi connectivity index (χ1) is 6.11. The number of hydrogen-bond donors (Lipinski definition) is 2. The summed E-state index contributed by atoms with van der Waals surface area (Å²) in [5.41, 5.74) is 0. The van der Waals surface area contributed by atoms with Crippen LogP contribution in [0.3, 0.4) is 0 Å². The van der Waals surface area contributed by atoms with Gasteiger partial charge in [-0.15, -0.1) is 0 Å². The molecule has 0 aromatic heterocycles. The summed E-state index contributed by atoms with van der Waals surface area (Å²) in [6.45, 7) is 0.536. The van der Waals surface area contributed by atoms with Gasteiger partial charge in [0.1, 0.15) is 0 Å². The molecule has 0 amide bonds. The predicted molar refractivity (Wildman–Crippen MR) is 42.4 cm³/mol. The van der Waals surface area contributed by atoms with Crippen LogP contribution in [0.5, 0.6) is 0 Å². The Hall–Kier alpha value is -1.10. The van der Waals surface area contributed by atoms with Crippen LogP contribution in [0.4, 0.5) is 0 Å². The molecule has 1 heterocycles. The zero-order chi connectivity index (χ0) is 9.84. The molecule has 1 saturated heterocycles. The van der Waals surface area contributed by atoms with E-state index in [0.29, 0.717) is 13.0 Å². The summed E-state index contributed by atoms with van der Waals surface area (Å²) in [4.78, 5) is 21.0. The lowest BCUT2D eigenvalue weighted by molar-refractivity contribution is -0.152. The van der Waals surface area contributed by atoms with E-state index >= 15 is 0 Å². The van der Waals surface area contributed by atoms with Crippen LogP contribution in [0.15, 0.2) is 0 Å². The molecule has 1 aliphatic rings. The number of rotatable bonds is 4. The maximum Gasteiger partial charge on any atom is 0.309 e. The zero-order valence-electron chi connectivity index (χ0n) is 7.10. The molecule has 5 heteroatoms. The Morgan fingerprint density at radius 3 is 2.54 bits per heavy atom. The third kappa shape index (κ3) is 2.69. The van der Waals surface area contributed by atoms with Crippen LogP contribution < -0.4 is 0 Å². The Kier molecular flexibility index (Phi) is 3.25. The van der Waals surface area contributed by atoms with Crippen molar-refractivity contribution >= 4 is 11.9 Å². The van der Waals surface area contributed by atoms with Gasteiger partial charge in [0.05, 0.1) is 18.4 Å². The van der Waals surface area contributed by atoms with E-state index in [4.69, 9.17) is 14.9 Å². The lowest BCUT2D eigenvalue weighted by Crippen LogP contribution is -2.29. The number of carbonyl (C=O) groups is 2. The Labute approximate surface area is 75.3 Å². The summed E-state index contributed by atoms with van der Waals surface area (Å²) in [7, 11) is 0. The minimum Gasteiger partial charge on any atom is -0.481 e. The Bertz CT molecular complexity index is 207. The first-order valence-corrected chi connectivity index (χ1v) is 4.17. The van der Waals surface area contributed by atoms with Gasteiger partial charge in [-0.3, -0.25) is 9.59 Å². The quantitative estimate of drug-likeness (QED) is 0.664. The maximum absolute atomic E-state index is 10.7. The first kappa shape index (κ1) is 9.98. The third-order valence-electron chi connectivity index (χ3n) is 2.13. The largest absolute Gasteiger partial charge is 0.481 e. The average molecular weight is 188 g/mol. The molecule has 2 N–H and O–H groups in total. The van der Waals surface area contributed by atoms with Gasteiger partial charge < -0.3 is 14.9 Å². The SMILES string of the molecule is O=C(O)C[C@H](C(=O)O)[C@@H]1CCCO1. The molecule has 74 valence electrons. The molecule has 1 rings (SSSR count). The van der Waals surface area contributed by atoms with Crippen LogP contribution in [0, 0.1) is 5.92 Å². The van der Waals surface area contributed by atoms with E-state index < -0.39 is 24.0 Å². The molecule has 0 saturated carbocycles. The lowest BCUT2D eigenvalue weighted by atomic mass is 9.97. The molecule has 0 unspecified atom stereocenters. The fraction of sp³-hybridized carbons (Fsp3) is 0.750. The van der Waals surface area contributed by atoms with Crippen molar-refractivity contribution < 1.29 is 24.5 Å². The molecule has 0 radical (unpaired) electrons. The topological polar surface area (TPSA) is 83.8 Å².